The molecule has 1 amide bonds. The van der Waals surface area contributed by atoms with E-state index >= 15 is 0 Å². The van der Waals surface area contributed by atoms with Gasteiger partial charge in [-0.3, -0.25) is 4.79 Å². The van der Waals surface area contributed by atoms with Crippen LogP contribution in [0.4, 0.5) is 0 Å². The fraction of sp³-hybridized carbons (Fsp3) is 0.367. The van der Waals surface area contributed by atoms with E-state index < -0.39 is 28.1 Å². The summed E-state index contributed by atoms with van der Waals surface area (Å²) in [4.78, 5) is 13.0. The monoisotopic (exact) mass is 554 g/mol. The van der Waals surface area contributed by atoms with E-state index in [-0.39, 0.29) is 30.5 Å². The predicted octanol–water partition coefficient (Wildman–Crippen LogP) is 3.82. The van der Waals surface area contributed by atoms with Gasteiger partial charge in [-0.05, 0) is 60.7 Å². The lowest BCUT2D eigenvalue weighted by Crippen LogP contribution is -2.52. The molecule has 0 aliphatic heterocycles. The van der Waals surface area contributed by atoms with Crippen molar-refractivity contribution in [2.45, 2.75) is 44.2 Å². The molecule has 0 spiro atoms. The topological polar surface area (TPSA) is 105 Å². The molecule has 3 aromatic rings. The Morgan fingerprint density at radius 1 is 0.949 bits per heavy atom. The normalized spacial score (nSPS) is 13.2. The quantitative estimate of drug-likeness (QED) is 0.314. The van der Waals surface area contributed by atoms with E-state index in [1.165, 1.54) is 23.5 Å². The number of methoxy groups -OCH3 is 1. The van der Waals surface area contributed by atoms with Gasteiger partial charge in [-0.15, -0.1) is 0 Å². The molecule has 9 heteroatoms. The number of hydrogen-bond acceptors (Lipinski definition) is 6. The molecule has 2 atom stereocenters. The van der Waals surface area contributed by atoms with Crippen LogP contribution in [0.25, 0.3) is 0 Å². The molecule has 0 radical (unpaired) electrons. The first-order valence-electron chi connectivity index (χ1n) is 12.9. The Bertz CT molecular complexity index is 1300. The van der Waals surface area contributed by atoms with Gasteiger partial charge in [0.2, 0.25) is 10.0 Å². The number of benzene rings is 3. The van der Waals surface area contributed by atoms with Crippen LogP contribution in [-0.2, 0) is 21.2 Å². The third-order valence-corrected chi connectivity index (χ3v) is 8.06. The number of hydrogen-bond donors (Lipinski definition) is 2. The molecule has 0 aliphatic carbocycles. The average Bonchev–Trinajstić information content (AvgIpc) is 2.92. The Kier molecular flexibility index (Phi) is 10.9. The molecular formula is C30H38N2O6S. The predicted molar refractivity (Wildman–Crippen MR) is 151 cm³/mol. The zero-order chi connectivity index (χ0) is 28.4. The molecule has 0 aromatic heterocycles. The zero-order valence-corrected chi connectivity index (χ0v) is 23.7. The van der Waals surface area contributed by atoms with Crippen LogP contribution in [0.1, 0.15) is 25.0 Å². The number of aryl methyl sites for hydroxylation is 1. The van der Waals surface area contributed by atoms with Crippen LogP contribution in [0.5, 0.6) is 11.5 Å². The molecule has 0 bridgehead atoms. The van der Waals surface area contributed by atoms with E-state index in [0.717, 1.165) is 11.1 Å². The summed E-state index contributed by atoms with van der Waals surface area (Å²) in [5.74, 6) is 0.742. The van der Waals surface area contributed by atoms with Crippen LogP contribution < -0.4 is 14.8 Å². The number of amides is 1. The average molecular weight is 555 g/mol. The van der Waals surface area contributed by atoms with Crippen LogP contribution in [0, 0.1) is 12.8 Å². The highest BCUT2D eigenvalue weighted by Gasteiger charge is 2.31. The first-order valence-corrected chi connectivity index (χ1v) is 14.4. The minimum absolute atomic E-state index is 0.00917. The van der Waals surface area contributed by atoms with Crippen molar-refractivity contribution in [2.75, 3.05) is 26.8 Å². The molecule has 0 aliphatic rings. The van der Waals surface area contributed by atoms with Crippen molar-refractivity contribution in [1.82, 2.24) is 9.62 Å². The fourth-order valence-electron chi connectivity index (χ4n) is 4.17. The SMILES string of the molecule is COc1ccc(S(=O)(=O)N(CC(C)C)CC(O)[C@H](Cc2ccccc2)NC(=O)COc2ccccc2C)cc1. The van der Waals surface area contributed by atoms with Gasteiger partial charge in [0.05, 0.1) is 24.2 Å². The Balaban J connectivity index is 1.80. The van der Waals surface area contributed by atoms with Crippen molar-refractivity contribution in [3.05, 3.63) is 90.0 Å². The highest BCUT2D eigenvalue weighted by molar-refractivity contribution is 7.89. The van der Waals surface area contributed by atoms with Crippen LogP contribution in [0.3, 0.4) is 0 Å². The number of ether oxygens (including phenoxy) is 2. The summed E-state index contributed by atoms with van der Waals surface area (Å²) in [6.07, 6.45) is -0.865. The zero-order valence-electron chi connectivity index (χ0n) is 22.9. The number of carbonyl (C=O) groups excluding carboxylic acids is 1. The number of aliphatic hydroxyl groups excluding tert-OH is 1. The smallest absolute Gasteiger partial charge is 0.258 e. The van der Waals surface area contributed by atoms with Gasteiger partial charge in [0.1, 0.15) is 11.5 Å². The molecule has 0 heterocycles. The van der Waals surface area contributed by atoms with Gasteiger partial charge < -0.3 is 19.9 Å². The van der Waals surface area contributed by atoms with E-state index in [1.54, 1.807) is 18.2 Å². The van der Waals surface area contributed by atoms with Gasteiger partial charge in [0.25, 0.3) is 5.91 Å². The number of nitrogens with zero attached hydrogens (tertiary/aromatic N) is 1. The van der Waals surface area contributed by atoms with Gasteiger partial charge in [-0.25, -0.2) is 8.42 Å². The number of aliphatic hydroxyl groups is 1. The van der Waals surface area contributed by atoms with Gasteiger partial charge >= 0.3 is 0 Å². The van der Waals surface area contributed by atoms with E-state index in [2.05, 4.69) is 5.32 Å². The summed E-state index contributed by atoms with van der Waals surface area (Å²) in [5, 5.41) is 14.2. The summed E-state index contributed by atoms with van der Waals surface area (Å²) >= 11 is 0. The lowest BCUT2D eigenvalue weighted by molar-refractivity contribution is -0.124. The maximum atomic E-state index is 13.6. The first-order chi connectivity index (χ1) is 18.6. The van der Waals surface area contributed by atoms with Crippen molar-refractivity contribution in [2.24, 2.45) is 5.92 Å². The van der Waals surface area contributed by atoms with Crippen molar-refractivity contribution >= 4 is 15.9 Å². The Morgan fingerprint density at radius 2 is 1.59 bits per heavy atom. The second-order valence-electron chi connectivity index (χ2n) is 9.88. The summed E-state index contributed by atoms with van der Waals surface area (Å²) in [7, 11) is -2.41. The summed E-state index contributed by atoms with van der Waals surface area (Å²) in [6, 6.07) is 22.2. The Hall–Kier alpha value is -3.40. The molecule has 0 fully saturated rings. The second-order valence-corrected chi connectivity index (χ2v) is 11.8. The highest BCUT2D eigenvalue weighted by atomic mass is 32.2. The Labute approximate surface area is 231 Å². The number of sulfonamides is 1. The summed E-state index contributed by atoms with van der Waals surface area (Å²) in [5.41, 5.74) is 1.80. The number of carbonyl (C=O) groups is 1. The van der Waals surface area contributed by atoms with E-state index in [1.807, 2.05) is 69.3 Å². The van der Waals surface area contributed by atoms with Crippen molar-refractivity contribution < 1.29 is 27.8 Å². The minimum atomic E-state index is -3.92. The van der Waals surface area contributed by atoms with Crippen molar-refractivity contribution in [3.8, 4) is 11.5 Å². The third-order valence-electron chi connectivity index (χ3n) is 6.22. The highest BCUT2D eigenvalue weighted by Crippen LogP contribution is 2.22. The molecule has 39 heavy (non-hydrogen) atoms. The van der Waals surface area contributed by atoms with Crippen molar-refractivity contribution in [1.29, 1.82) is 0 Å². The lowest BCUT2D eigenvalue weighted by atomic mass is 10.0. The summed E-state index contributed by atoms with van der Waals surface area (Å²) < 4.78 is 39.2. The van der Waals surface area contributed by atoms with Crippen LogP contribution >= 0.6 is 0 Å². The molecule has 8 nitrogen and oxygen atoms in total. The van der Waals surface area contributed by atoms with Crippen LogP contribution in [0.15, 0.2) is 83.8 Å². The molecule has 3 rings (SSSR count). The van der Waals surface area contributed by atoms with Gasteiger partial charge in [-0.1, -0.05) is 62.4 Å². The second kappa shape index (κ2) is 14.1. The maximum Gasteiger partial charge on any atom is 0.258 e. The minimum Gasteiger partial charge on any atom is -0.497 e. The lowest BCUT2D eigenvalue weighted by Gasteiger charge is -2.30. The van der Waals surface area contributed by atoms with E-state index in [4.69, 9.17) is 9.47 Å². The summed E-state index contributed by atoms with van der Waals surface area (Å²) in [6.45, 7) is 5.49. The largest absolute Gasteiger partial charge is 0.497 e. The molecule has 0 saturated heterocycles. The Morgan fingerprint density at radius 3 is 2.21 bits per heavy atom. The number of nitrogens with one attached hydrogen (secondary N) is 1. The van der Waals surface area contributed by atoms with E-state index in [0.29, 0.717) is 17.9 Å². The number of rotatable bonds is 14. The van der Waals surface area contributed by atoms with Crippen molar-refractivity contribution in [3.63, 3.8) is 0 Å². The third kappa shape index (κ3) is 8.81. The number of para-hydroxylation sites is 1. The molecule has 210 valence electrons. The maximum absolute atomic E-state index is 13.6. The van der Waals surface area contributed by atoms with Gasteiger partial charge in [-0.2, -0.15) is 4.31 Å². The van der Waals surface area contributed by atoms with Crippen LogP contribution in [0.2, 0.25) is 0 Å². The van der Waals surface area contributed by atoms with E-state index in [9.17, 15) is 18.3 Å². The van der Waals surface area contributed by atoms with Gasteiger partial charge in [0.15, 0.2) is 6.61 Å². The standard InChI is InChI=1S/C30H38N2O6S/c1-22(2)19-32(39(35,36)26-16-14-25(37-4)15-17-26)20-28(33)27(18-24-11-6-5-7-12-24)31-30(34)21-38-29-13-9-8-10-23(29)3/h5-17,22,27-28,33H,18-21H2,1-4H3,(H,31,34)/t27-,28?/m0/s1. The molecular weight excluding hydrogens is 516 g/mol. The fourth-order valence-corrected chi connectivity index (χ4v) is 5.79. The first kappa shape index (κ1) is 30.1. The van der Waals surface area contributed by atoms with Crippen LogP contribution in [-0.4, -0.2) is 62.7 Å². The molecule has 1 unspecified atom stereocenters. The van der Waals surface area contributed by atoms with Gasteiger partial charge in [0, 0.05) is 13.1 Å². The molecule has 0 saturated carbocycles. The molecule has 3 aromatic carbocycles. The molecule has 2 N–H and O–H groups in total.